The molecule has 0 unspecified atom stereocenters. The summed E-state index contributed by atoms with van der Waals surface area (Å²) in [6.07, 6.45) is 0.948. The molecule has 16 heavy (non-hydrogen) atoms. The van der Waals surface area contributed by atoms with Gasteiger partial charge >= 0.3 is 0 Å². The third-order valence-electron chi connectivity index (χ3n) is 2.59. The van der Waals surface area contributed by atoms with Crippen LogP contribution in [0.1, 0.15) is 27.2 Å². The Bertz CT molecular complexity index is 402. The molecule has 0 aliphatic heterocycles. The second-order valence-corrected chi connectivity index (χ2v) is 4.39. The number of nitrogen functional groups attached to an aromatic ring is 1. The van der Waals surface area contributed by atoms with Crippen LogP contribution in [-0.4, -0.2) is 10.5 Å². The van der Waals surface area contributed by atoms with Crippen molar-refractivity contribution >= 4 is 17.1 Å². The van der Waals surface area contributed by atoms with Gasteiger partial charge < -0.3 is 11.1 Å². The van der Waals surface area contributed by atoms with Crippen molar-refractivity contribution in [3.63, 3.8) is 0 Å². The summed E-state index contributed by atoms with van der Waals surface area (Å²) in [6.45, 7) is 6.19. The van der Waals surface area contributed by atoms with E-state index in [1.807, 2.05) is 0 Å². The lowest BCUT2D eigenvalue weighted by molar-refractivity contribution is -0.383. The summed E-state index contributed by atoms with van der Waals surface area (Å²) in [7, 11) is 0. The molecule has 0 aromatic heterocycles. The predicted octanol–water partition coefficient (Wildman–Crippen LogP) is 2.78. The van der Waals surface area contributed by atoms with E-state index in [-0.39, 0.29) is 16.9 Å². The van der Waals surface area contributed by atoms with E-state index >= 15 is 0 Å². The molecule has 5 heteroatoms. The summed E-state index contributed by atoms with van der Waals surface area (Å²) in [4.78, 5) is 10.1. The Kier molecular flexibility index (Phi) is 3.37. The Hall–Kier alpha value is -1.78. The van der Waals surface area contributed by atoms with Crippen molar-refractivity contribution < 1.29 is 4.92 Å². The maximum atomic E-state index is 10.6. The molecule has 0 aliphatic rings. The number of nitro benzene ring substituents is 1. The molecular formula is C11H17N3O2. The van der Waals surface area contributed by atoms with Crippen molar-refractivity contribution in [3.05, 3.63) is 28.3 Å². The van der Waals surface area contributed by atoms with E-state index < -0.39 is 4.92 Å². The Morgan fingerprint density at radius 3 is 2.56 bits per heavy atom. The summed E-state index contributed by atoms with van der Waals surface area (Å²) in [5, 5.41) is 13.9. The zero-order valence-electron chi connectivity index (χ0n) is 9.78. The van der Waals surface area contributed by atoms with E-state index in [4.69, 9.17) is 5.73 Å². The molecule has 0 radical (unpaired) electrons. The summed E-state index contributed by atoms with van der Waals surface area (Å²) < 4.78 is 0. The summed E-state index contributed by atoms with van der Waals surface area (Å²) in [5.41, 5.74) is 6.48. The molecule has 0 fully saturated rings. The first kappa shape index (κ1) is 12.3. The molecule has 0 atom stereocenters. The molecule has 0 bridgehead atoms. The molecule has 5 nitrogen and oxygen atoms in total. The molecule has 0 heterocycles. The summed E-state index contributed by atoms with van der Waals surface area (Å²) in [5.74, 6) is 0. The highest BCUT2D eigenvalue weighted by Crippen LogP contribution is 2.26. The van der Waals surface area contributed by atoms with Crippen molar-refractivity contribution in [1.29, 1.82) is 0 Å². The lowest BCUT2D eigenvalue weighted by atomic mass is 10.0. The Morgan fingerprint density at radius 1 is 1.50 bits per heavy atom. The Labute approximate surface area is 94.8 Å². The molecule has 0 amide bonds. The summed E-state index contributed by atoms with van der Waals surface area (Å²) >= 11 is 0. The Balaban J connectivity index is 2.94. The molecule has 3 N–H and O–H groups in total. The standard InChI is InChI=1S/C11H17N3O2/c1-4-11(2,3)13-8-5-6-10(14(15)16)9(12)7-8/h5-7,13H,4,12H2,1-3H3. The van der Waals surface area contributed by atoms with Gasteiger partial charge in [-0.3, -0.25) is 10.1 Å². The van der Waals surface area contributed by atoms with Gasteiger partial charge in [0.1, 0.15) is 5.69 Å². The zero-order valence-corrected chi connectivity index (χ0v) is 9.78. The van der Waals surface area contributed by atoms with Gasteiger partial charge in [0.2, 0.25) is 0 Å². The van der Waals surface area contributed by atoms with E-state index in [1.54, 1.807) is 12.1 Å². The van der Waals surface area contributed by atoms with E-state index in [9.17, 15) is 10.1 Å². The van der Waals surface area contributed by atoms with Gasteiger partial charge in [-0.25, -0.2) is 0 Å². The smallest absolute Gasteiger partial charge is 0.292 e. The van der Waals surface area contributed by atoms with Crippen LogP contribution in [-0.2, 0) is 0 Å². The van der Waals surface area contributed by atoms with Crippen molar-refractivity contribution in [1.82, 2.24) is 0 Å². The second kappa shape index (κ2) is 4.38. The van der Waals surface area contributed by atoms with E-state index in [2.05, 4.69) is 26.1 Å². The first-order chi connectivity index (χ1) is 7.35. The molecular weight excluding hydrogens is 206 g/mol. The number of nitro groups is 1. The SMILES string of the molecule is CCC(C)(C)Nc1ccc([N+](=O)[O-])c(N)c1. The fourth-order valence-corrected chi connectivity index (χ4v) is 1.28. The average molecular weight is 223 g/mol. The van der Waals surface area contributed by atoms with Crippen LogP contribution in [0.3, 0.4) is 0 Å². The Morgan fingerprint density at radius 2 is 2.12 bits per heavy atom. The maximum absolute atomic E-state index is 10.6. The second-order valence-electron chi connectivity index (χ2n) is 4.39. The quantitative estimate of drug-likeness (QED) is 0.467. The zero-order chi connectivity index (χ0) is 12.3. The van der Waals surface area contributed by atoms with Crippen LogP contribution in [0.25, 0.3) is 0 Å². The van der Waals surface area contributed by atoms with Gasteiger partial charge in [0.15, 0.2) is 0 Å². The van der Waals surface area contributed by atoms with Crippen molar-refractivity contribution in [3.8, 4) is 0 Å². The molecule has 0 spiro atoms. The number of anilines is 2. The molecule has 1 aromatic rings. The number of nitrogens with zero attached hydrogens (tertiary/aromatic N) is 1. The lowest BCUT2D eigenvalue weighted by Crippen LogP contribution is -2.29. The third-order valence-corrected chi connectivity index (χ3v) is 2.59. The predicted molar refractivity (Wildman–Crippen MR) is 65.5 cm³/mol. The highest BCUT2D eigenvalue weighted by atomic mass is 16.6. The van der Waals surface area contributed by atoms with Gasteiger partial charge in [0.05, 0.1) is 4.92 Å². The van der Waals surface area contributed by atoms with Crippen LogP contribution < -0.4 is 11.1 Å². The van der Waals surface area contributed by atoms with Gasteiger partial charge in [-0.1, -0.05) is 6.92 Å². The highest BCUT2D eigenvalue weighted by molar-refractivity contribution is 5.66. The largest absolute Gasteiger partial charge is 0.393 e. The van der Waals surface area contributed by atoms with Crippen LogP contribution in [0.5, 0.6) is 0 Å². The molecule has 0 saturated heterocycles. The summed E-state index contributed by atoms with van der Waals surface area (Å²) in [6, 6.07) is 4.69. The highest BCUT2D eigenvalue weighted by Gasteiger charge is 2.16. The first-order valence-corrected chi connectivity index (χ1v) is 5.18. The van der Waals surface area contributed by atoms with Crippen molar-refractivity contribution in [2.75, 3.05) is 11.1 Å². The van der Waals surface area contributed by atoms with E-state index in [0.717, 1.165) is 12.1 Å². The monoisotopic (exact) mass is 223 g/mol. The van der Waals surface area contributed by atoms with Gasteiger partial charge in [0.25, 0.3) is 5.69 Å². The maximum Gasteiger partial charge on any atom is 0.292 e. The van der Waals surface area contributed by atoms with Crippen molar-refractivity contribution in [2.45, 2.75) is 32.7 Å². The number of nitrogens with one attached hydrogen (secondary N) is 1. The average Bonchev–Trinajstić information content (AvgIpc) is 2.16. The van der Waals surface area contributed by atoms with Gasteiger partial charge in [0, 0.05) is 17.3 Å². The number of nitrogens with two attached hydrogens (primary N) is 1. The topological polar surface area (TPSA) is 81.2 Å². The van der Waals surface area contributed by atoms with Crippen molar-refractivity contribution in [2.24, 2.45) is 0 Å². The number of hydrogen-bond donors (Lipinski definition) is 2. The van der Waals surface area contributed by atoms with Gasteiger partial charge in [-0.05, 0) is 32.4 Å². The minimum absolute atomic E-state index is 0.0530. The molecule has 1 rings (SSSR count). The first-order valence-electron chi connectivity index (χ1n) is 5.18. The number of rotatable bonds is 4. The molecule has 0 saturated carbocycles. The minimum Gasteiger partial charge on any atom is -0.393 e. The van der Waals surface area contributed by atoms with Gasteiger partial charge in [-0.15, -0.1) is 0 Å². The fourth-order valence-electron chi connectivity index (χ4n) is 1.28. The minimum atomic E-state index is -0.482. The lowest BCUT2D eigenvalue weighted by Gasteiger charge is -2.26. The fraction of sp³-hybridized carbons (Fsp3) is 0.455. The third kappa shape index (κ3) is 2.85. The number of benzene rings is 1. The van der Waals surface area contributed by atoms with Crippen LogP contribution in [0.4, 0.5) is 17.1 Å². The molecule has 88 valence electrons. The molecule has 1 aromatic carbocycles. The van der Waals surface area contributed by atoms with Crippen LogP contribution in [0, 0.1) is 10.1 Å². The van der Waals surface area contributed by atoms with Crippen LogP contribution in [0.15, 0.2) is 18.2 Å². The van der Waals surface area contributed by atoms with Crippen LogP contribution >= 0.6 is 0 Å². The molecule has 0 aliphatic carbocycles. The van der Waals surface area contributed by atoms with E-state index in [1.165, 1.54) is 6.07 Å². The van der Waals surface area contributed by atoms with Gasteiger partial charge in [-0.2, -0.15) is 0 Å². The number of hydrogen-bond acceptors (Lipinski definition) is 4. The van der Waals surface area contributed by atoms with E-state index in [0.29, 0.717) is 0 Å². The van der Waals surface area contributed by atoms with Crippen LogP contribution in [0.2, 0.25) is 0 Å². The normalized spacial score (nSPS) is 11.2.